The zero-order valence-corrected chi connectivity index (χ0v) is 4.26. The molecule has 0 saturated carbocycles. The molecule has 0 rings (SSSR count). The van der Waals surface area contributed by atoms with Crippen molar-refractivity contribution in [2.45, 2.75) is 0 Å². The molecule has 0 aliphatic heterocycles. The summed E-state index contributed by atoms with van der Waals surface area (Å²) in [5.41, 5.74) is 0. The average Bonchev–Trinajstić information content (AvgIpc) is 0.918. The van der Waals surface area contributed by atoms with E-state index in [9.17, 15) is 0 Å². The second-order valence-electron chi connectivity index (χ2n) is 0.0745. The van der Waals surface area contributed by atoms with Gasteiger partial charge in [0.2, 0.25) is 0 Å². The molecule has 0 aromatic rings. The number of nitrogens with zero attached hydrogens (tertiary/aromatic N) is 1. The van der Waals surface area contributed by atoms with Gasteiger partial charge in [-0.05, 0) is 0 Å². The summed E-state index contributed by atoms with van der Waals surface area (Å²) in [4.78, 5) is 8.00. The molecule has 0 saturated heterocycles. The average molecular weight is 111 g/mol. The minimum absolute atomic E-state index is 0. The Bertz CT molecular complexity index is 17.1. The Morgan fingerprint density at radius 1 is 1.60 bits per heavy atom. The van der Waals surface area contributed by atoms with Crippen molar-refractivity contribution in [2.24, 2.45) is 5.34 Å². The van der Waals surface area contributed by atoms with Crippen LogP contribution in [0.4, 0.5) is 0 Å². The molecule has 0 bridgehead atoms. The van der Waals surface area contributed by atoms with Gasteiger partial charge in [-0.15, -0.1) is 5.34 Å². The van der Waals surface area contributed by atoms with E-state index in [0.717, 1.165) is 5.34 Å². The van der Waals surface area contributed by atoms with Crippen molar-refractivity contribution in [1.29, 1.82) is 0 Å². The Morgan fingerprint density at radius 3 is 1.60 bits per heavy atom. The van der Waals surface area contributed by atoms with Crippen molar-refractivity contribution >= 4 is 37.7 Å². The fourth-order valence-corrected chi connectivity index (χ4v) is 0. The largest absolute Gasteiger partial charge is 1.00 e. The maximum absolute atomic E-state index is 8.00. The molecule has 0 unspecified atom stereocenters. The molecule has 5 heteroatoms. The zero-order valence-electron chi connectivity index (χ0n) is 2.26. The van der Waals surface area contributed by atoms with Gasteiger partial charge in [0.25, 0.3) is 0 Å². The molecule has 0 atom stereocenters. The number of hydrogen-bond donors (Lipinski definition) is 0. The van der Waals surface area contributed by atoms with Crippen molar-refractivity contribution in [2.75, 3.05) is 0 Å². The molecule has 0 aromatic heterocycles. The van der Waals surface area contributed by atoms with E-state index >= 15 is 0 Å². The van der Waals surface area contributed by atoms with Gasteiger partial charge in [-0.25, -0.2) is 0 Å². The number of hydrogen-bond acceptors (Lipinski definition) is 3. The van der Waals surface area contributed by atoms with Gasteiger partial charge in [-0.2, -0.15) is 0 Å². The zero-order chi connectivity index (χ0) is 2.71. The summed E-state index contributed by atoms with van der Waals surface area (Å²) in [5.74, 6) is 0. The molecule has 0 radical (unpaired) electrons. The van der Waals surface area contributed by atoms with Crippen LogP contribution in [0.3, 0.4) is 0 Å². The molecule has 0 aliphatic carbocycles. The van der Waals surface area contributed by atoms with Crippen molar-refractivity contribution in [1.82, 2.24) is 0 Å². The van der Waals surface area contributed by atoms with E-state index < -0.39 is 0 Å². The van der Waals surface area contributed by atoms with E-state index in [-0.39, 0.29) is 67.3 Å². The summed E-state index contributed by atoms with van der Waals surface area (Å²) in [6.45, 7) is 0. The van der Waals surface area contributed by atoms with Crippen LogP contribution in [0.15, 0.2) is 5.34 Å². The fourth-order valence-electron chi connectivity index (χ4n) is 0. The predicted octanol–water partition coefficient (Wildman–Crippen LogP) is -3.66. The summed E-state index contributed by atoms with van der Waals surface area (Å²) in [6.07, 6.45) is 0. The van der Waals surface area contributed by atoms with Gasteiger partial charge in [0.1, 0.15) is 0 Å². The Labute approximate surface area is 81.3 Å². The first kappa shape index (κ1) is 15.9. The summed E-state index contributed by atoms with van der Waals surface area (Å²) in [7, 11) is 0. The van der Waals surface area contributed by atoms with Crippen LogP contribution in [-0.4, -0.2) is 37.7 Å². The monoisotopic (exact) mass is 111 g/mol. The molecule has 3 nitrogen and oxygen atoms in total. The topological polar surface area (TPSA) is 52.5 Å². The van der Waals surface area contributed by atoms with Gasteiger partial charge in [0.05, 0.1) is 0 Å². The first-order chi connectivity index (χ1) is 1.41. The van der Waals surface area contributed by atoms with Gasteiger partial charge < -0.3 is 10.1 Å². The minimum Gasteiger partial charge on any atom is 1.00 e. The van der Waals surface area contributed by atoms with Crippen molar-refractivity contribution in [3.8, 4) is 0 Å². The molecular formula is H2CaNNaO2. The van der Waals surface area contributed by atoms with Crippen LogP contribution < -0.4 is 29.6 Å². The van der Waals surface area contributed by atoms with E-state index in [1.165, 1.54) is 0 Å². The molecule has 0 fully saturated rings. The molecule has 0 heterocycles. The first-order valence-electron chi connectivity index (χ1n) is 0.365. The predicted molar refractivity (Wildman–Crippen MR) is 17.7 cm³/mol. The van der Waals surface area contributed by atoms with Crippen molar-refractivity contribution < 1.29 is 29.6 Å². The van der Waals surface area contributed by atoms with E-state index in [4.69, 9.17) is 10.1 Å². The third-order valence-electron chi connectivity index (χ3n) is 0. The maximum Gasteiger partial charge on any atom is 1.00 e. The summed E-state index contributed by atoms with van der Waals surface area (Å²) < 4.78 is 0. The minimum atomic E-state index is 0. The molecule has 5 heavy (non-hydrogen) atoms. The summed E-state index contributed by atoms with van der Waals surface area (Å²) in [6, 6.07) is 0. The Kier molecular flexibility index (Phi) is 55.3. The van der Waals surface area contributed by atoms with Crippen LogP contribution in [0, 0.1) is 10.1 Å². The normalized spacial score (nSPS) is 2.40. The van der Waals surface area contributed by atoms with Crippen LogP contribution in [0.5, 0.6) is 0 Å². The third kappa shape index (κ3) is 27.5. The molecule has 0 aromatic carbocycles. The van der Waals surface area contributed by atoms with Crippen LogP contribution in [-0.2, 0) is 0 Å². The van der Waals surface area contributed by atoms with Gasteiger partial charge >= 0.3 is 67.3 Å². The maximum atomic E-state index is 8.00. The molecule has 22 valence electrons. The summed E-state index contributed by atoms with van der Waals surface area (Å²) in [5, 5.41) is 9.00. The van der Waals surface area contributed by atoms with Gasteiger partial charge in [0.15, 0.2) is 0 Å². The van der Waals surface area contributed by atoms with Crippen LogP contribution in [0.25, 0.3) is 0 Å². The molecule has 0 amide bonds. The summed E-state index contributed by atoms with van der Waals surface area (Å²) >= 11 is 0. The van der Waals surface area contributed by atoms with E-state index in [1.54, 1.807) is 0 Å². The van der Waals surface area contributed by atoms with Crippen molar-refractivity contribution in [3.63, 3.8) is 0 Å². The van der Waals surface area contributed by atoms with Crippen LogP contribution in [0.2, 0.25) is 0 Å². The van der Waals surface area contributed by atoms with E-state index in [1.807, 2.05) is 0 Å². The van der Waals surface area contributed by atoms with E-state index in [2.05, 4.69) is 0 Å². The van der Waals surface area contributed by atoms with Gasteiger partial charge in [-0.1, -0.05) is 0 Å². The van der Waals surface area contributed by atoms with Crippen LogP contribution in [0.1, 0.15) is 0 Å². The second-order valence-corrected chi connectivity index (χ2v) is 0.0745. The first-order valence-corrected chi connectivity index (χ1v) is 0.365. The Hall–Kier alpha value is 1.66. The molecule has 0 N–H and O–H groups in total. The van der Waals surface area contributed by atoms with E-state index in [0.29, 0.717) is 0 Å². The van der Waals surface area contributed by atoms with Crippen LogP contribution >= 0.6 is 0 Å². The second kappa shape index (κ2) is 17.4. The van der Waals surface area contributed by atoms with Gasteiger partial charge in [0, 0.05) is 0 Å². The molecule has 0 aliphatic rings. The molecular weight excluding hydrogens is 109 g/mol. The number of rotatable bonds is 0. The Morgan fingerprint density at radius 2 is 1.60 bits per heavy atom. The molecule has 0 spiro atoms. The SMILES string of the molecule is O=N[O-].[CaH2].[Na+]. The standard InChI is InChI=1S/Ca.HNO2.Na.2H/c;2-1-3;;;/h;(H,2,3);;;/q;;+1;;/p-1. The van der Waals surface area contributed by atoms with Gasteiger partial charge in [-0.3, -0.25) is 0 Å². The third-order valence-corrected chi connectivity index (χ3v) is 0. The van der Waals surface area contributed by atoms with Crippen molar-refractivity contribution in [3.05, 3.63) is 10.1 Å². The Balaban J connectivity index is -0.0000000200. The fraction of sp³-hybridized carbons (Fsp3) is 0. The smallest absolute Gasteiger partial charge is 1.00 e. The quantitative estimate of drug-likeness (QED) is 0.184.